The van der Waals surface area contributed by atoms with Crippen molar-refractivity contribution in [2.75, 3.05) is 4.90 Å². The molecule has 4 aromatic rings. The van der Waals surface area contributed by atoms with Gasteiger partial charge in [-0.15, -0.1) is 0 Å². The average molecular weight is 420 g/mol. The first-order chi connectivity index (χ1) is 14.7. The summed E-state index contributed by atoms with van der Waals surface area (Å²) in [7, 11) is 0. The maximum absolute atomic E-state index is 13.0. The second-order valence-electron chi connectivity index (χ2n) is 6.53. The summed E-state index contributed by atoms with van der Waals surface area (Å²) in [5, 5.41) is 4.58. The Labute approximate surface area is 178 Å². The van der Waals surface area contributed by atoms with E-state index in [-0.39, 0.29) is 12.3 Å². The smallest absolute Gasteiger partial charge is 0.227 e. The van der Waals surface area contributed by atoms with Gasteiger partial charge in [0, 0.05) is 47.7 Å². The van der Waals surface area contributed by atoms with Crippen molar-refractivity contribution in [1.29, 1.82) is 0 Å². The maximum atomic E-state index is 13.0. The van der Waals surface area contributed by atoms with Gasteiger partial charge in [-0.05, 0) is 48.5 Å². The largest absolute Gasteiger partial charge is 0.339 e. The molecule has 0 spiro atoms. The highest BCUT2D eigenvalue weighted by Gasteiger charge is 2.18. The van der Waals surface area contributed by atoms with Gasteiger partial charge < -0.3 is 9.42 Å². The lowest BCUT2D eigenvalue weighted by Crippen LogP contribution is -2.31. The number of hydrogen-bond acceptors (Lipinski definition) is 6. The molecule has 1 amide bonds. The first kappa shape index (κ1) is 19.7. The summed E-state index contributed by atoms with van der Waals surface area (Å²) in [6.45, 7) is 0.353. The van der Waals surface area contributed by atoms with Crippen molar-refractivity contribution in [3.8, 4) is 11.4 Å². The Morgan fingerprint density at radius 2 is 1.90 bits per heavy atom. The van der Waals surface area contributed by atoms with Gasteiger partial charge in [0.2, 0.25) is 17.6 Å². The van der Waals surface area contributed by atoms with E-state index in [0.717, 1.165) is 16.9 Å². The van der Waals surface area contributed by atoms with E-state index in [9.17, 15) is 4.79 Å². The molecule has 0 N–H and O–H groups in total. The number of pyridine rings is 2. The molecule has 0 fully saturated rings. The SMILES string of the molecule is O=C(CCc1nc(-c2cccnc2)no1)N(Cc1ccccn1)c1ccc(Cl)cc1. The predicted molar refractivity (Wildman–Crippen MR) is 113 cm³/mol. The molecule has 0 aliphatic carbocycles. The molecule has 30 heavy (non-hydrogen) atoms. The van der Waals surface area contributed by atoms with E-state index in [0.29, 0.717) is 29.7 Å². The first-order valence-electron chi connectivity index (χ1n) is 9.38. The number of halogens is 1. The number of carbonyl (C=O) groups excluding carboxylic acids is 1. The number of aryl methyl sites for hydroxylation is 1. The van der Waals surface area contributed by atoms with Crippen molar-refractivity contribution in [2.24, 2.45) is 0 Å². The van der Waals surface area contributed by atoms with Crippen LogP contribution in [0.1, 0.15) is 18.0 Å². The fourth-order valence-electron chi connectivity index (χ4n) is 2.92. The summed E-state index contributed by atoms with van der Waals surface area (Å²) in [6, 6.07) is 16.4. The maximum Gasteiger partial charge on any atom is 0.227 e. The monoisotopic (exact) mass is 419 g/mol. The molecule has 4 rings (SSSR count). The Bertz CT molecular complexity index is 1100. The number of benzene rings is 1. The average Bonchev–Trinajstić information content (AvgIpc) is 3.27. The highest BCUT2D eigenvalue weighted by atomic mass is 35.5. The third-order valence-corrected chi connectivity index (χ3v) is 4.68. The van der Waals surface area contributed by atoms with Gasteiger partial charge in [0.25, 0.3) is 0 Å². The predicted octanol–water partition coefficient (Wildman–Crippen LogP) is 4.35. The molecule has 150 valence electrons. The van der Waals surface area contributed by atoms with E-state index in [1.165, 1.54) is 0 Å². The van der Waals surface area contributed by atoms with Crippen LogP contribution in [0.4, 0.5) is 5.69 Å². The summed E-state index contributed by atoms with van der Waals surface area (Å²) in [4.78, 5) is 27.5. The number of aromatic nitrogens is 4. The van der Waals surface area contributed by atoms with Gasteiger partial charge in [-0.2, -0.15) is 4.98 Å². The Kier molecular flexibility index (Phi) is 6.10. The molecule has 0 aliphatic rings. The molecule has 0 unspecified atom stereocenters. The number of rotatable bonds is 7. The second-order valence-corrected chi connectivity index (χ2v) is 6.97. The van der Waals surface area contributed by atoms with E-state index in [1.54, 1.807) is 41.7 Å². The molecule has 0 saturated heterocycles. The Morgan fingerprint density at radius 3 is 2.63 bits per heavy atom. The molecule has 0 saturated carbocycles. The van der Waals surface area contributed by atoms with Crippen molar-refractivity contribution in [3.05, 3.63) is 89.8 Å². The van der Waals surface area contributed by atoms with Gasteiger partial charge in [-0.1, -0.05) is 22.8 Å². The van der Waals surface area contributed by atoms with Crippen molar-refractivity contribution >= 4 is 23.2 Å². The third-order valence-electron chi connectivity index (χ3n) is 4.43. The molecular weight excluding hydrogens is 402 g/mol. The normalized spacial score (nSPS) is 10.7. The van der Waals surface area contributed by atoms with E-state index >= 15 is 0 Å². The molecular formula is C22H18ClN5O2. The van der Waals surface area contributed by atoms with Crippen LogP contribution in [0.3, 0.4) is 0 Å². The number of nitrogens with zero attached hydrogens (tertiary/aromatic N) is 5. The highest BCUT2D eigenvalue weighted by molar-refractivity contribution is 6.30. The lowest BCUT2D eigenvalue weighted by Gasteiger charge is -2.22. The molecule has 0 atom stereocenters. The molecule has 0 aliphatic heterocycles. The molecule has 8 heteroatoms. The quantitative estimate of drug-likeness (QED) is 0.442. The van der Waals surface area contributed by atoms with Crippen LogP contribution in [0.25, 0.3) is 11.4 Å². The number of carbonyl (C=O) groups is 1. The minimum absolute atomic E-state index is 0.0795. The van der Waals surface area contributed by atoms with Gasteiger partial charge in [0.1, 0.15) is 0 Å². The summed E-state index contributed by atoms with van der Waals surface area (Å²) in [6.07, 6.45) is 5.59. The van der Waals surface area contributed by atoms with E-state index in [2.05, 4.69) is 20.1 Å². The van der Waals surface area contributed by atoms with E-state index < -0.39 is 0 Å². The topological polar surface area (TPSA) is 85.0 Å². The summed E-state index contributed by atoms with van der Waals surface area (Å²) < 4.78 is 5.30. The standard InChI is InChI=1S/C22H18ClN5O2/c23-17-6-8-19(9-7-17)28(15-18-5-1-2-13-25-18)21(29)11-10-20-26-22(27-30-20)16-4-3-12-24-14-16/h1-9,12-14H,10-11,15H2. The van der Waals surface area contributed by atoms with Gasteiger partial charge in [-0.25, -0.2) is 0 Å². The van der Waals surface area contributed by atoms with Crippen molar-refractivity contribution in [3.63, 3.8) is 0 Å². The minimum Gasteiger partial charge on any atom is -0.339 e. The van der Waals surface area contributed by atoms with Crippen LogP contribution in [0, 0.1) is 0 Å². The Hall–Kier alpha value is -3.58. The van der Waals surface area contributed by atoms with Crippen molar-refractivity contribution in [2.45, 2.75) is 19.4 Å². The zero-order valence-electron chi connectivity index (χ0n) is 16.0. The molecule has 3 aromatic heterocycles. The molecule has 0 radical (unpaired) electrons. The number of hydrogen-bond donors (Lipinski definition) is 0. The summed E-state index contributed by atoms with van der Waals surface area (Å²) in [5.74, 6) is 0.772. The van der Waals surface area contributed by atoms with E-state index in [1.807, 2.05) is 36.4 Å². The van der Waals surface area contributed by atoms with Crippen LogP contribution < -0.4 is 4.90 Å². The van der Waals surface area contributed by atoms with Crippen LogP contribution in [-0.4, -0.2) is 26.0 Å². The van der Waals surface area contributed by atoms with Crippen LogP contribution in [0.2, 0.25) is 5.02 Å². The summed E-state index contributed by atoms with van der Waals surface area (Å²) >= 11 is 6.00. The molecule has 0 bridgehead atoms. The van der Waals surface area contributed by atoms with Crippen LogP contribution in [0.15, 0.2) is 77.7 Å². The molecule has 1 aromatic carbocycles. The number of amides is 1. The first-order valence-corrected chi connectivity index (χ1v) is 9.75. The fraction of sp³-hybridized carbons (Fsp3) is 0.136. The van der Waals surface area contributed by atoms with Gasteiger partial charge in [0.05, 0.1) is 12.2 Å². The van der Waals surface area contributed by atoms with E-state index in [4.69, 9.17) is 16.1 Å². The highest BCUT2D eigenvalue weighted by Crippen LogP contribution is 2.21. The van der Waals surface area contributed by atoms with Crippen molar-refractivity contribution < 1.29 is 9.32 Å². The minimum atomic E-state index is -0.0795. The van der Waals surface area contributed by atoms with Crippen LogP contribution in [-0.2, 0) is 17.8 Å². The lowest BCUT2D eigenvalue weighted by atomic mass is 10.2. The second kappa shape index (κ2) is 9.28. The lowest BCUT2D eigenvalue weighted by molar-refractivity contribution is -0.118. The Morgan fingerprint density at radius 1 is 1.03 bits per heavy atom. The van der Waals surface area contributed by atoms with Gasteiger partial charge >= 0.3 is 0 Å². The number of anilines is 1. The van der Waals surface area contributed by atoms with Crippen LogP contribution >= 0.6 is 11.6 Å². The third kappa shape index (κ3) is 4.87. The van der Waals surface area contributed by atoms with Crippen LogP contribution in [0.5, 0.6) is 0 Å². The summed E-state index contributed by atoms with van der Waals surface area (Å²) in [5.41, 5.74) is 2.30. The zero-order valence-corrected chi connectivity index (χ0v) is 16.7. The zero-order chi connectivity index (χ0) is 20.8. The molecule has 3 heterocycles. The van der Waals surface area contributed by atoms with Crippen molar-refractivity contribution in [1.82, 2.24) is 20.1 Å². The molecule has 7 nitrogen and oxygen atoms in total. The van der Waals surface area contributed by atoms with Gasteiger partial charge in [0.15, 0.2) is 0 Å². The Balaban J connectivity index is 1.48. The van der Waals surface area contributed by atoms with Gasteiger partial charge in [-0.3, -0.25) is 14.8 Å². The fourth-order valence-corrected chi connectivity index (χ4v) is 3.04.